The third-order valence-electron chi connectivity index (χ3n) is 6.68. The molecule has 1 atom stereocenters. The molecule has 1 aliphatic rings. The zero-order valence-electron chi connectivity index (χ0n) is 19.7. The number of carbonyl (C=O) groups excluding carboxylic acids is 2. The molecule has 2 aromatic heterocycles. The lowest BCUT2D eigenvalue weighted by Gasteiger charge is -2.26. The van der Waals surface area contributed by atoms with Crippen LogP contribution in [0.15, 0.2) is 97.3 Å². The first-order valence-electron chi connectivity index (χ1n) is 11.9. The van der Waals surface area contributed by atoms with Gasteiger partial charge in [0.05, 0.1) is 23.6 Å². The summed E-state index contributed by atoms with van der Waals surface area (Å²) in [6.45, 7) is 1.98. The highest BCUT2D eigenvalue weighted by molar-refractivity contribution is 6.05. The fourth-order valence-corrected chi connectivity index (χ4v) is 5.03. The van der Waals surface area contributed by atoms with Gasteiger partial charge in [0, 0.05) is 28.2 Å². The molecule has 1 aliphatic heterocycles. The summed E-state index contributed by atoms with van der Waals surface area (Å²) in [5.74, 6) is -0.428. The third-order valence-corrected chi connectivity index (χ3v) is 6.68. The SMILES string of the molecule is Cc1ccc(-c2[nH]c3ccccc3c2C2c3ccccc3C(=O)N2CC(=O)Nc2cccnc2)cc1. The van der Waals surface area contributed by atoms with Crippen molar-refractivity contribution in [2.45, 2.75) is 13.0 Å². The molecule has 0 saturated heterocycles. The second-order valence-corrected chi connectivity index (χ2v) is 9.04. The Balaban J connectivity index is 1.49. The molecule has 6 nitrogen and oxygen atoms in total. The van der Waals surface area contributed by atoms with Crippen LogP contribution < -0.4 is 5.32 Å². The van der Waals surface area contributed by atoms with Crippen molar-refractivity contribution in [1.29, 1.82) is 0 Å². The minimum absolute atomic E-state index is 0.0834. The highest BCUT2D eigenvalue weighted by Gasteiger charge is 2.41. The number of pyridine rings is 1. The fraction of sp³-hybridized carbons (Fsp3) is 0.100. The predicted octanol–water partition coefficient (Wildman–Crippen LogP) is 5.72. The molecular formula is C30H24N4O2. The maximum Gasteiger partial charge on any atom is 0.255 e. The number of H-pyrrole nitrogens is 1. The van der Waals surface area contributed by atoms with E-state index in [1.165, 1.54) is 5.56 Å². The van der Waals surface area contributed by atoms with E-state index in [1.54, 1.807) is 29.4 Å². The number of amides is 2. The molecular weight excluding hydrogens is 448 g/mol. The summed E-state index contributed by atoms with van der Waals surface area (Å²) in [7, 11) is 0. The van der Waals surface area contributed by atoms with Crippen LogP contribution in [0.25, 0.3) is 22.2 Å². The number of aryl methyl sites for hydroxylation is 1. The molecule has 1 unspecified atom stereocenters. The van der Waals surface area contributed by atoms with Gasteiger partial charge in [0.25, 0.3) is 5.91 Å². The molecule has 36 heavy (non-hydrogen) atoms. The maximum absolute atomic E-state index is 13.6. The minimum atomic E-state index is -0.416. The van der Waals surface area contributed by atoms with Gasteiger partial charge in [0.1, 0.15) is 6.54 Å². The van der Waals surface area contributed by atoms with E-state index >= 15 is 0 Å². The minimum Gasteiger partial charge on any atom is -0.354 e. The molecule has 6 heteroatoms. The predicted molar refractivity (Wildman–Crippen MR) is 141 cm³/mol. The molecule has 5 aromatic rings. The molecule has 0 fully saturated rings. The largest absolute Gasteiger partial charge is 0.354 e. The normalized spacial score (nSPS) is 14.8. The van der Waals surface area contributed by atoms with Crippen LogP contribution in [0.5, 0.6) is 0 Å². The van der Waals surface area contributed by atoms with Gasteiger partial charge in [-0.2, -0.15) is 0 Å². The van der Waals surface area contributed by atoms with Gasteiger partial charge in [-0.3, -0.25) is 14.6 Å². The Morgan fingerprint density at radius 1 is 0.972 bits per heavy atom. The first-order chi connectivity index (χ1) is 17.6. The maximum atomic E-state index is 13.6. The highest BCUT2D eigenvalue weighted by Crippen LogP contribution is 2.45. The second-order valence-electron chi connectivity index (χ2n) is 9.04. The Bertz CT molecular complexity index is 1590. The molecule has 2 N–H and O–H groups in total. The van der Waals surface area contributed by atoms with Gasteiger partial charge < -0.3 is 15.2 Å². The number of nitrogens with zero attached hydrogens (tertiary/aromatic N) is 2. The summed E-state index contributed by atoms with van der Waals surface area (Å²) in [5.41, 5.74) is 7.24. The standard InChI is InChI=1S/C30H24N4O2/c1-19-12-14-20(15-13-19)28-27(24-10-4-5-11-25(24)33-28)29-22-8-2-3-9-23(22)30(36)34(29)18-26(35)32-21-7-6-16-31-17-21/h2-17,29,33H,18H2,1H3,(H,32,35). The van der Waals surface area contributed by atoms with Crippen LogP contribution in [0.2, 0.25) is 0 Å². The number of aromatic nitrogens is 2. The van der Waals surface area contributed by atoms with E-state index in [2.05, 4.69) is 52.5 Å². The number of anilines is 1. The monoisotopic (exact) mass is 472 g/mol. The number of nitrogens with one attached hydrogen (secondary N) is 2. The van der Waals surface area contributed by atoms with E-state index in [4.69, 9.17) is 0 Å². The van der Waals surface area contributed by atoms with E-state index in [0.29, 0.717) is 11.3 Å². The number of hydrogen-bond acceptors (Lipinski definition) is 3. The van der Waals surface area contributed by atoms with Gasteiger partial charge in [0.2, 0.25) is 5.91 Å². The van der Waals surface area contributed by atoms with E-state index in [-0.39, 0.29) is 18.4 Å². The Morgan fingerprint density at radius 2 is 1.75 bits per heavy atom. The van der Waals surface area contributed by atoms with Gasteiger partial charge in [-0.15, -0.1) is 0 Å². The van der Waals surface area contributed by atoms with Gasteiger partial charge in [-0.1, -0.05) is 66.2 Å². The van der Waals surface area contributed by atoms with E-state index in [0.717, 1.165) is 33.3 Å². The van der Waals surface area contributed by atoms with E-state index in [9.17, 15) is 9.59 Å². The molecule has 6 rings (SSSR count). The van der Waals surface area contributed by atoms with Crippen LogP contribution in [-0.2, 0) is 4.79 Å². The molecule has 2 amide bonds. The van der Waals surface area contributed by atoms with Crippen molar-refractivity contribution in [2.24, 2.45) is 0 Å². The number of para-hydroxylation sites is 1. The van der Waals surface area contributed by atoms with Gasteiger partial charge >= 0.3 is 0 Å². The lowest BCUT2D eigenvalue weighted by Crippen LogP contribution is -2.36. The Hall–Kier alpha value is -4.71. The van der Waals surface area contributed by atoms with Crippen LogP contribution in [-0.4, -0.2) is 33.2 Å². The van der Waals surface area contributed by atoms with Crippen molar-refractivity contribution in [2.75, 3.05) is 11.9 Å². The van der Waals surface area contributed by atoms with Crippen molar-refractivity contribution in [1.82, 2.24) is 14.9 Å². The Morgan fingerprint density at radius 3 is 2.56 bits per heavy atom. The number of benzene rings is 3. The van der Waals surface area contributed by atoms with E-state index in [1.807, 2.05) is 42.5 Å². The second kappa shape index (κ2) is 8.82. The summed E-state index contributed by atoms with van der Waals surface area (Å²) in [5, 5.41) is 3.90. The summed E-state index contributed by atoms with van der Waals surface area (Å²) in [6.07, 6.45) is 3.24. The quantitative estimate of drug-likeness (QED) is 0.343. The van der Waals surface area contributed by atoms with Crippen LogP contribution in [0.3, 0.4) is 0 Å². The van der Waals surface area contributed by atoms with Crippen molar-refractivity contribution >= 4 is 28.4 Å². The molecule has 3 aromatic carbocycles. The van der Waals surface area contributed by atoms with Gasteiger partial charge in [0.15, 0.2) is 0 Å². The molecule has 176 valence electrons. The van der Waals surface area contributed by atoms with E-state index < -0.39 is 6.04 Å². The van der Waals surface area contributed by atoms with Crippen molar-refractivity contribution < 1.29 is 9.59 Å². The van der Waals surface area contributed by atoms with Gasteiger partial charge in [-0.05, 0) is 42.3 Å². The van der Waals surface area contributed by atoms with Crippen LogP contribution in [0, 0.1) is 6.92 Å². The lowest BCUT2D eigenvalue weighted by atomic mass is 9.93. The average molecular weight is 473 g/mol. The molecule has 0 radical (unpaired) electrons. The number of carbonyl (C=O) groups is 2. The fourth-order valence-electron chi connectivity index (χ4n) is 5.03. The third kappa shape index (κ3) is 3.73. The summed E-state index contributed by atoms with van der Waals surface area (Å²) in [6, 6.07) is 27.2. The smallest absolute Gasteiger partial charge is 0.255 e. The van der Waals surface area contributed by atoms with Crippen molar-refractivity contribution in [3.8, 4) is 11.3 Å². The van der Waals surface area contributed by atoms with Crippen LogP contribution in [0.4, 0.5) is 5.69 Å². The van der Waals surface area contributed by atoms with Crippen molar-refractivity contribution in [3.63, 3.8) is 0 Å². The molecule has 0 spiro atoms. The zero-order chi connectivity index (χ0) is 24.6. The summed E-state index contributed by atoms with van der Waals surface area (Å²) in [4.78, 5) is 36.1. The Kier molecular flexibility index (Phi) is 5.34. The number of aromatic amines is 1. The molecule has 0 saturated carbocycles. The van der Waals surface area contributed by atoms with Gasteiger partial charge in [-0.25, -0.2) is 0 Å². The first kappa shape index (κ1) is 21.8. The first-order valence-corrected chi connectivity index (χ1v) is 11.9. The molecule has 3 heterocycles. The molecule has 0 aliphatic carbocycles. The summed E-state index contributed by atoms with van der Waals surface area (Å²) >= 11 is 0. The lowest BCUT2D eigenvalue weighted by molar-refractivity contribution is -0.117. The zero-order valence-corrected chi connectivity index (χ0v) is 19.7. The highest BCUT2D eigenvalue weighted by atomic mass is 16.2. The topological polar surface area (TPSA) is 78.1 Å². The Labute approximate surface area is 208 Å². The number of fused-ring (bicyclic) bond motifs is 2. The van der Waals surface area contributed by atoms with Crippen LogP contribution >= 0.6 is 0 Å². The van der Waals surface area contributed by atoms with Crippen molar-refractivity contribution in [3.05, 3.63) is 120 Å². The average Bonchev–Trinajstić information content (AvgIpc) is 3.40. The summed E-state index contributed by atoms with van der Waals surface area (Å²) < 4.78 is 0. The number of hydrogen-bond donors (Lipinski definition) is 2. The molecule has 0 bridgehead atoms. The number of rotatable bonds is 5. The van der Waals surface area contributed by atoms with Crippen LogP contribution in [0.1, 0.15) is 33.1 Å².